The van der Waals surface area contributed by atoms with Gasteiger partial charge in [-0.05, 0) is 37.3 Å². The van der Waals surface area contributed by atoms with Crippen molar-refractivity contribution in [2.45, 2.75) is 56.7 Å². The Morgan fingerprint density at radius 3 is 2.97 bits per heavy atom. The molecule has 4 heterocycles. The highest BCUT2D eigenvalue weighted by molar-refractivity contribution is 7.98. The molecular formula is C19H21N3O4S3. The van der Waals surface area contributed by atoms with E-state index in [-0.39, 0.29) is 21.6 Å². The van der Waals surface area contributed by atoms with Crippen LogP contribution in [0, 0.1) is 17.0 Å². The highest BCUT2D eigenvalue weighted by atomic mass is 32.2. The number of aryl methyl sites for hydroxylation is 2. The van der Waals surface area contributed by atoms with Crippen LogP contribution in [0.4, 0.5) is 5.00 Å². The lowest BCUT2D eigenvalue weighted by atomic mass is 10.1. The number of thiophene rings is 2. The number of hydrogen-bond acceptors (Lipinski definition) is 8. The Labute approximate surface area is 179 Å². The first-order chi connectivity index (χ1) is 14.0. The van der Waals surface area contributed by atoms with Crippen LogP contribution in [0.1, 0.15) is 35.8 Å². The Bertz CT molecular complexity index is 1110. The van der Waals surface area contributed by atoms with Crippen LogP contribution in [-0.2, 0) is 23.5 Å². The third kappa shape index (κ3) is 4.11. The van der Waals surface area contributed by atoms with Crippen LogP contribution in [0.25, 0.3) is 10.2 Å². The Kier molecular flexibility index (Phi) is 6.05. The minimum atomic E-state index is -0.378. The summed E-state index contributed by atoms with van der Waals surface area (Å²) in [7, 11) is 0. The first-order valence-corrected chi connectivity index (χ1v) is 12.1. The molecule has 1 saturated heterocycles. The van der Waals surface area contributed by atoms with Crippen molar-refractivity contribution >= 4 is 49.7 Å². The first kappa shape index (κ1) is 20.5. The van der Waals surface area contributed by atoms with Crippen molar-refractivity contribution in [3.05, 3.63) is 47.9 Å². The van der Waals surface area contributed by atoms with Crippen molar-refractivity contribution in [1.29, 1.82) is 0 Å². The summed E-state index contributed by atoms with van der Waals surface area (Å²) in [5, 5.41) is 14.2. The molecule has 0 spiro atoms. The zero-order valence-electron chi connectivity index (χ0n) is 16.2. The molecule has 7 nitrogen and oxygen atoms in total. The van der Waals surface area contributed by atoms with Crippen LogP contribution in [0.3, 0.4) is 0 Å². The van der Waals surface area contributed by atoms with Gasteiger partial charge in [-0.1, -0.05) is 30.0 Å². The summed E-state index contributed by atoms with van der Waals surface area (Å²) >= 11 is 4.12. The molecule has 4 rings (SSSR count). The highest BCUT2D eigenvalue weighted by Crippen LogP contribution is 2.32. The van der Waals surface area contributed by atoms with E-state index >= 15 is 0 Å². The molecule has 3 aromatic rings. The van der Waals surface area contributed by atoms with Crippen molar-refractivity contribution in [2.24, 2.45) is 0 Å². The second-order valence-corrected chi connectivity index (χ2v) is 9.99. The number of hydrogen-bond donors (Lipinski definition) is 0. The molecular weight excluding hydrogens is 430 g/mol. The molecule has 29 heavy (non-hydrogen) atoms. The monoisotopic (exact) mass is 451 g/mol. The van der Waals surface area contributed by atoms with Crippen LogP contribution in [0.2, 0.25) is 0 Å². The molecule has 0 saturated carbocycles. The van der Waals surface area contributed by atoms with Crippen molar-refractivity contribution < 1.29 is 9.66 Å². The van der Waals surface area contributed by atoms with E-state index in [1.165, 1.54) is 11.8 Å². The average molecular weight is 452 g/mol. The van der Waals surface area contributed by atoms with Gasteiger partial charge >= 0.3 is 5.00 Å². The molecule has 0 N–H and O–H groups in total. The van der Waals surface area contributed by atoms with E-state index in [1.807, 2.05) is 6.92 Å². The Morgan fingerprint density at radius 2 is 2.31 bits per heavy atom. The van der Waals surface area contributed by atoms with Gasteiger partial charge in [0.1, 0.15) is 4.83 Å². The van der Waals surface area contributed by atoms with Crippen LogP contribution in [-0.4, -0.2) is 27.2 Å². The van der Waals surface area contributed by atoms with Gasteiger partial charge in [0, 0.05) is 28.7 Å². The van der Waals surface area contributed by atoms with E-state index in [1.54, 1.807) is 27.4 Å². The summed E-state index contributed by atoms with van der Waals surface area (Å²) in [5.74, 6) is 0.527. The van der Waals surface area contributed by atoms with Crippen LogP contribution < -0.4 is 5.56 Å². The Morgan fingerprint density at radius 1 is 1.48 bits per heavy atom. The second-order valence-electron chi connectivity index (χ2n) is 6.95. The van der Waals surface area contributed by atoms with Gasteiger partial charge in [0.2, 0.25) is 0 Å². The van der Waals surface area contributed by atoms with E-state index in [0.29, 0.717) is 17.5 Å². The average Bonchev–Trinajstić information content (AvgIpc) is 3.42. The van der Waals surface area contributed by atoms with E-state index < -0.39 is 0 Å². The number of ether oxygens (including phenoxy) is 1. The van der Waals surface area contributed by atoms with Gasteiger partial charge in [-0.15, -0.1) is 11.3 Å². The van der Waals surface area contributed by atoms with Gasteiger partial charge < -0.3 is 4.74 Å². The van der Waals surface area contributed by atoms with Crippen LogP contribution in [0.15, 0.2) is 21.4 Å². The lowest BCUT2D eigenvalue weighted by Crippen LogP contribution is -2.28. The van der Waals surface area contributed by atoms with Crippen LogP contribution in [0.5, 0.6) is 0 Å². The molecule has 1 unspecified atom stereocenters. The largest absolute Gasteiger partial charge is 0.376 e. The van der Waals surface area contributed by atoms with Crippen molar-refractivity contribution in [2.75, 3.05) is 6.61 Å². The molecule has 0 aromatic carbocycles. The predicted molar refractivity (Wildman–Crippen MR) is 118 cm³/mol. The van der Waals surface area contributed by atoms with Gasteiger partial charge in [0.15, 0.2) is 5.16 Å². The lowest BCUT2D eigenvalue weighted by Gasteiger charge is -2.16. The minimum absolute atomic E-state index is 0.00880. The van der Waals surface area contributed by atoms with E-state index in [4.69, 9.17) is 9.72 Å². The minimum Gasteiger partial charge on any atom is -0.376 e. The topological polar surface area (TPSA) is 87.3 Å². The molecule has 1 aliphatic heterocycles. The van der Waals surface area contributed by atoms with Crippen molar-refractivity contribution in [3.63, 3.8) is 0 Å². The normalized spacial score (nSPS) is 16.7. The number of fused-ring (bicyclic) bond motifs is 1. The maximum absolute atomic E-state index is 13.4. The second kappa shape index (κ2) is 8.55. The van der Waals surface area contributed by atoms with Gasteiger partial charge in [0.05, 0.1) is 23.0 Å². The molecule has 3 aromatic heterocycles. The standard InChI is InChI=1S/C19H21N3O4S3/c1-3-14-11(2)29-17-16(14)18(23)21(8-13-5-4-6-26-13)19(20-17)28-10-12-7-15(22(24)25)27-9-12/h7,9,13H,3-6,8,10H2,1-2H3. The fourth-order valence-corrected chi connectivity index (χ4v) is 6.53. The number of nitro groups is 1. The molecule has 1 aliphatic rings. The van der Waals surface area contributed by atoms with Crippen molar-refractivity contribution in [3.8, 4) is 0 Å². The fourth-order valence-electron chi connectivity index (χ4n) is 3.60. The van der Waals surface area contributed by atoms with Crippen LogP contribution >= 0.6 is 34.4 Å². The zero-order valence-corrected chi connectivity index (χ0v) is 18.6. The summed E-state index contributed by atoms with van der Waals surface area (Å²) < 4.78 is 7.51. The predicted octanol–water partition coefficient (Wildman–Crippen LogP) is 4.77. The molecule has 0 amide bonds. The molecule has 0 radical (unpaired) electrons. The van der Waals surface area contributed by atoms with Gasteiger partial charge in [-0.25, -0.2) is 4.98 Å². The third-order valence-corrected chi connectivity index (χ3v) is 8.05. The molecule has 0 aliphatic carbocycles. The summed E-state index contributed by atoms with van der Waals surface area (Å²) in [4.78, 5) is 30.7. The maximum Gasteiger partial charge on any atom is 0.324 e. The summed E-state index contributed by atoms with van der Waals surface area (Å²) in [6.07, 6.45) is 2.77. The molecule has 1 atom stereocenters. The Hall–Kier alpha value is -1.75. The number of nitrogens with zero attached hydrogens (tertiary/aromatic N) is 3. The number of thioether (sulfide) groups is 1. The van der Waals surface area contributed by atoms with Gasteiger partial charge in [-0.2, -0.15) is 0 Å². The third-order valence-electron chi connectivity index (χ3n) is 5.03. The van der Waals surface area contributed by atoms with E-state index in [0.717, 1.165) is 63.4 Å². The Balaban J connectivity index is 1.71. The highest BCUT2D eigenvalue weighted by Gasteiger charge is 2.23. The van der Waals surface area contributed by atoms with Gasteiger partial charge in [0.25, 0.3) is 5.56 Å². The quantitative estimate of drug-likeness (QED) is 0.223. The van der Waals surface area contributed by atoms with Gasteiger partial charge in [-0.3, -0.25) is 19.5 Å². The summed E-state index contributed by atoms with van der Waals surface area (Å²) in [6.45, 7) is 5.32. The molecule has 1 fully saturated rings. The van der Waals surface area contributed by atoms with E-state index in [2.05, 4.69) is 6.92 Å². The SMILES string of the molecule is CCc1c(C)sc2nc(SCc3csc([N+](=O)[O-])c3)n(CC3CCCO3)c(=O)c12. The van der Waals surface area contributed by atoms with E-state index in [9.17, 15) is 14.9 Å². The lowest BCUT2D eigenvalue weighted by molar-refractivity contribution is -0.380. The smallest absolute Gasteiger partial charge is 0.324 e. The fraction of sp³-hybridized carbons (Fsp3) is 0.474. The first-order valence-electron chi connectivity index (χ1n) is 9.47. The molecule has 154 valence electrons. The summed E-state index contributed by atoms with van der Waals surface area (Å²) in [6, 6.07) is 1.59. The van der Waals surface area contributed by atoms with Crippen molar-refractivity contribution in [1.82, 2.24) is 9.55 Å². The summed E-state index contributed by atoms with van der Waals surface area (Å²) in [5.41, 5.74) is 1.93. The maximum atomic E-state index is 13.4. The zero-order chi connectivity index (χ0) is 20.5. The number of rotatable bonds is 7. The molecule has 10 heteroatoms. The molecule has 0 bridgehead atoms. The number of aromatic nitrogens is 2.